The zero-order valence-corrected chi connectivity index (χ0v) is 14.3. The van der Waals surface area contributed by atoms with E-state index in [9.17, 15) is 18.4 Å². The zero-order valence-electron chi connectivity index (χ0n) is 13.6. The van der Waals surface area contributed by atoms with E-state index in [0.29, 0.717) is 0 Å². The molecular formula is C18H17ClF2N2O2. The average Bonchev–Trinajstić information content (AvgIpc) is 2.55. The highest BCUT2D eigenvalue weighted by molar-refractivity contribution is 6.33. The Morgan fingerprint density at radius 1 is 1.12 bits per heavy atom. The van der Waals surface area contributed by atoms with Gasteiger partial charge in [-0.2, -0.15) is 0 Å². The Kier molecular flexibility index (Phi) is 6.47. The minimum Gasteiger partial charge on any atom is -0.350 e. The van der Waals surface area contributed by atoms with Crippen LogP contribution in [0.5, 0.6) is 0 Å². The molecule has 1 N–H and O–H groups in total. The number of halogens is 3. The summed E-state index contributed by atoms with van der Waals surface area (Å²) in [4.78, 5) is 25.3. The molecule has 0 saturated carbocycles. The fourth-order valence-corrected chi connectivity index (χ4v) is 2.51. The van der Waals surface area contributed by atoms with Gasteiger partial charge in [0.1, 0.15) is 11.6 Å². The number of amides is 2. The maximum atomic E-state index is 13.7. The second-order valence-electron chi connectivity index (χ2n) is 5.42. The first-order chi connectivity index (χ1) is 11.9. The minimum atomic E-state index is -0.709. The van der Waals surface area contributed by atoms with Gasteiger partial charge >= 0.3 is 0 Å². The Balaban J connectivity index is 1.94. The van der Waals surface area contributed by atoms with Crippen LogP contribution in [0.25, 0.3) is 0 Å². The molecule has 0 fully saturated rings. The number of hydrogen-bond acceptors (Lipinski definition) is 2. The summed E-state index contributed by atoms with van der Waals surface area (Å²) in [6, 6.07) is 9.79. The van der Waals surface area contributed by atoms with Crippen molar-refractivity contribution in [2.24, 2.45) is 0 Å². The molecule has 0 saturated heterocycles. The first-order valence-electron chi connectivity index (χ1n) is 7.60. The van der Waals surface area contributed by atoms with Crippen molar-refractivity contribution in [3.63, 3.8) is 0 Å². The van der Waals surface area contributed by atoms with E-state index >= 15 is 0 Å². The van der Waals surface area contributed by atoms with E-state index in [4.69, 9.17) is 11.6 Å². The topological polar surface area (TPSA) is 49.4 Å². The van der Waals surface area contributed by atoms with Gasteiger partial charge in [-0.05, 0) is 29.8 Å². The maximum absolute atomic E-state index is 13.7. The molecule has 0 heterocycles. The lowest BCUT2D eigenvalue weighted by Crippen LogP contribution is -2.37. The Labute approximate surface area is 149 Å². The van der Waals surface area contributed by atoms with E-state index in [1.54, 1.807) is 12.1 Å². The van der Waals surface area contributed by atoms with Crippen molar-refractivity contribution in [1.82, 2.24) is 10.2 Å². The molecule has 0 atom stereocenters. The van der Waals surface area contributed by atoms with E-state index in [0.717, 1.165) is 11.6 Å². The molecule has 0 bridgehead atoms. The number of hydrogen-bond donors (Lipinski definition) is 1. The van der Waals surface area contributed by atoms with E-state index in [1.165, 1.54) is 36.1 Å². The molecule has 0 radical (unpaired) electrons. The average molecular weight is 367 g/mol. The van der Waals surface area contributed by atoms with Gasteiger partial charge in [0.25, 0.3) is 5.91 Å². The van der Waals surface area contributed by atoms with E-state index in [2.05, 4.69) is 5.32 Å². The Morgan fingerprint density at radius 2 is 1.80 bits per heavy atom. The summed E-state index contributed by atoms with van der Waals surface area (Å²) < 4.78 is 26.6. The van der Waals surface area contributed by atoms with Crippen molar-refractivity contribution in [2.45, 2.75) is 13.5 Å². The highest BCUT2D eigenvalue weighted by Gasteiger charge is 2.16. The summed E-state index contributed by atoms with van der Waals surface area (Å²) in [6.07, 6.45) is 0. The van der Waals surface area contributed by atoms with E-state index in [1.807, 2.05) is 0 Å². The molecule has 0 spiro atoms. The maximum Gasteiger partial charge on any atom is 0.255 e. The van der Waals surface area contributed by atoms with Crippen molar-refractivity contribution in [3.8, 4) is 0 Å². The number of benzene rings is 2. The summed E-state index contributed by atoms with van der Waals surface area (Å²) in [7, 11) is 0. The molecule has 2 amide bonds. The highest BCUT2D eigenvalue weighted by Crippen LogP contribution is 2.18. The second-order valence-corrected chi connectivity index (χ2v) is 5.83. The zero-order chi connectivity index (χ0) is 18.4. The normalized spacial score (nSPS) is 10.4. The molecule has 2 aromatic carbocycles. The Bertz CT molecular complexity index is 746. The first-order valence-corrected chi connectivity index (χ1v) is 7.98. The number of carbonyl (C=O) groups is 2. The van der Waals surface area contributed by atoms with Gasteiger partial charge in [0, 0.05) is 26.6 Å². The van der Waals surface area contributed by atoms with Crippen LogP contribution in [-0.4, -0.2) is 29.8 Å². The lowest BCUT2D eigenvalue weighted by molar-refractivity contribution is -0.129. The monoisotopic (exact) mass is 366 g/mol. The predicted octanol–water partition coefficient (Wildman–Crippen LogP) is 3.40. The summed E-state index contributed by atoms with van der Waals surface area (Å²) in [5.74, 6) is -1.90. The second kappa shape index (κ2) is 8.58. The van der Waals surface area contributed by atoms with Crippen LogP contribution in [-0.2, 0) is 11.3 Å². The standard InChI is InChI=1S/C18H17ClF2N2O2/c1-12(24)23(11-13-5-7-14(20)8-6-13)10-9-22-18(25)17-15(19)3-2-4-16(17)21/h2-8H,9-11H2,1H3,(H,22,25). The van der Waals surface area contributed by atoms with Crippen molar-refractivity contribution in [2.75, 3.05) is 13.1 Å². The van der Waals surface area contributed by atoms with Gasteiger partial charge in [-0.3, -0.25) is 9.59 Å². The molecule has 4 nitrogen and oxygen atoms in total. The quantitative estimate of drug-likeness (QED) is 0.851. The van der Waals surface area contributed by atoms with Crippen LogP contribution in [0.15, 0.2) is 42.5 Å². The fraction of sp³-hybridized carbons (Fsp3) is 0.222. The molecule has 0 unspecified atom stereocenters. The van der Waals surface area contributed by atoms with Crippen LogP contribution in [0.4, 0.5) is 8.78 Å². The lowest BCUT2D eigenvalue weighted by atomic mass is 10.2. The van der Waals surface area contributed by atoms with E-state index in [-0.39, 0.29) is 41.9 Å². The SMILES string of the molecule is CC(=O)N(CCNC(=O)c1c(F)cccc1Cl)Cc1ccc(F)cc1. The van der Waals surface area contributed by atoms with Crippen molar-refractivity contribution in [3.05, 3.63) is 70.2 Å². The molecular weight excluding hydrogens is 350 g/mol. The third kappa shape index (κ3) is 5.26. The largest absolute Gasteiger partial charge is 0.350 e. The summed E-state index contributed by atoms with van der Waals surface area (Å²) in [5, 5.41) is 2.56. The predicted molar refractivity (Wildman–Crippen MR) is 91.2 cm³/mol. The lowest BCUT2D eigenvalue weighted by Gasteiger charge is -2.21. The van der Waals surface area contributed by atoms with Gasteiger partial charge in [0.2, 0.25) is 5.91 Å². The highest BCUT2D eigenvalue weighted by atomic mass is 35.5. The summed E-state index contributed by atoms with van der Waals surface area (Å²) in [6.45, 7) is 2.04. The third-order valence-electron chi connectivity index (χ3n) is 3.59. The smallest absolute Gasteiger partial charge is 0.255 e. The molecule has 0 aromatic heterocycles. The number of carbonyl (C=O) groups excluding carboxylic acids is 2. The molecule has 132 valence electrons. The van der Waals surface area contributed by atoms with Crippen LogP contribution in [0.2, 0.25) is 5.02 Å². The number of rotatable bonds is 6. The first kappa shape index (κ1) is 18.9. The van der Waals surface area contributed by atoms with Crippen LogP contribution in [0.3, 0.4) is 0 Å². The van der Waals surface area contributed by atoms with Gasteiger partial charge < -0.3 is 10.2 Å². The van der Waals surface area contributed by atoms with Crippen molar-refractivity contribution < 1.29 is 18.4 Å². The van der Waals surface area contributed by atoms with Gasteiger partial charge in [-0.15, -0.1) is 0 Å². The molecule has 2 aromatic rings. The van der Waals surface area contributed by atoms with Crippen molar-refractivity contribution >= 4 is 23.4 Å². The van der Waals surface area contributed by atoms with Crippen LogP contribution in [0.1, 0.15) is 22.8 Å². The fourth-order valence-electron chi connectivity index (χ4n) is 2.27. The summed E-state index contributed by atoms with van der Waals surface area (Å²) >= 11 is 5.84. The Hall–Kier alpha value is -2.47. The Morgan fingerprint density at radius 3 is 2.40 bits per heavy atom. The van der Waals surface area contributed by atoms with Gasteiger partial charge in [0.15, 0.2) is 0 Å². The minimum absolute atomic E-state index is 0.0206. The number of nitrogens with one attached hydrogen (secondary N) is 1. The van der Waals surface area contributed by atoms with Gasteiger partial charge in [0.05, 0.1) is 10.6 Å². The van der Waals surface area contributed by atoms with Crippen LogP contribution in [0, 0.1) is 11.6 Å². The molecule has 0 aliphatic rings. The van der Waals surface area contributed by atoms with E-state index < -0.39 is 11.7 Å². The number of nitrogens with zero attached hydrogens (tertiary/aromatic N) is 1. The van der Waals surface area contributed by atoms with Crippen molar-refractivity contribution in [1.29, 1.82) is 0 Å². The molecule has 0 aliphatic carbocycles. The van der Waals surface area contributed by atoms with Crippen LogP contribution >= 0.6 is 11.6 Å². The third-order valence-corrected chi connectivity index (χ3v) is 3.90. The van der Waals surface area contributed by atoms with Gasteiger partial charge in [-0.1, -0.05) is 29.8 Å². The molecule has 7 heteroatoms. The molecule has 2 rings (SSSR count). The molecule has 25 heavy (non-hydrogen) atoms. The van der Waals surface area contributed by atoms with Gasteiger partial charge in [-0.25, -0.2) is 8.78 Å². The molecule has 0 aliphatic heterocycles. The van der Waals surface area contributed by atoms with Crippen LogP contribution < -0.4 is 5.32 Å². The summed E-state index contributed by atoms with van der Waals surface area (Å²) in [5.41, 5.74) is 0.539.